The summed E-state index contributed by atoms with van der Waals surface area (Å²) in [6, 6.07) is 0. The van der Waals surface area contributed by atoms with Crippen molar-refractivity contribution in [2.24, 2.45) is 0 Å². The van der Waals surface area contributed by atoms with Gasteiger partial charge in [0, 0.05) is 29.5 Å². The molecule has 3 rings (SSSR count). The lowest BCUT2D eigenvalue weighted by Crippen LogP contribution is -2.08. The topological polar surface area (TPSA) is 44.8 Å². The number of hydrogen-bond acceptors (Lipinski definition) is 4. The number of rotatable bonds is 2. The van der Waals surface area contributed by atoms with Crippen molar-refractivity contribution in [1.29, 1.82) is 0 Å². The van der Waals surface area contributed by atoms with E-state index in [0.717, 1.165) is 41.0 Å². The van der Waals surface area contributed by atoms with Gasteiger partial charge in [-0.15, -0.1) is 0 Å². The number of carbonyl (C=O) groups excluding carboxylic acids is 1. The highest BCUT2D eigenvalue weighted by atomic mass is 35.5. The predicted octanol–water partition coefficient (Wildman–Crippen LogP) is 1.93. The highest BCUT2D eigenvalue weighted by Crippen LogP contribution is 2.47. The summed E-state index contributed by atoms with van der Waals surface area (Å²) in [6.45, 7) is 1.21. The fourth-order valence-electron chi connectivity index (χ4n) is 2.55. The van der Waals surface area contributed by atoms with E-state index >= 15 is 0 Å². The van der Waals surface area contributed by atoms with Gasteiger partial charge in [0.15, 0.2) is 0 Å². The molecule has 18 heavy (non-hydrogen) atoms. The van der Waals surface area contributed by atoms with Crippen molar-refractivity contribution in [3.05, 3.63) is 21.7 Å². The normalized spacial score (nSPS) is 15.7. The molecule has 0 atom stereocenters. The second kappa shape index (κ2) is 4.35. The molecule has 96 valence electrons. The first-order valence-electron chi connectivity index (χ1n) is 5.91. The standard InChI is InChI=1S/C13H13ClO4/c1-16-10(15)6-9-7-2-4-18-13(7)11(14)8-3-5-17-12(8)9/h2-6H2,1H3. The molecule has 0 bridgehead atoms. The van der Waals surface area contributed by atoms with Gasteiger partial charge in [-0.2, -0.15) is 0 Å². The van der Waals surface area contributed by atoms with E-state index in [-0.39, 0.29) is 12.4 Å². The Balaban J connectivity index is 2.15. The molecular formula is C13H13ClO4. The van der Waals surface area contributed by atoms with Crippen LogP contribution >= 0.6 is 11.6 Å². The van der Waals surface area contributed by atoms with Crippen LogP contribution in [0.2, 0.25) is 5.02 Å². The van der Waals surface area contributed by atoms with Crippen molar-refractivity contribution in [2.75, 3.05) is 20.3 Å². The maximum Gasteiger partial charge on any atom is 0.310 e. The molecule has 4 nitrogen and oxygen atoms in total. The summed E-state index contributed by atoms with van der Waals surface area (Å²) in [4.78, 5) is 11.5. The Morgan fingerprint density at radius 1 is 1.22 bits per heavy atom. The minimum Gasteiger partial charge on any atom is -0.493 e. The molecule has 0 fully saturated rings. The van der Waals surface area contributed by atoms with Crippen molar-refractivity contribution in [1.82, 2.24) is 0 Å². The average Bonchev–Trinajstić information content (AvgIpc) is 3.02. The minimum atomic E-state index is -0.274. The summed E-state index contributed by atoms with van der Waals surface area (Å²) in [6.07, 6.45) is 1.73. The summed E-state index contributed by atoms with van der Waals surface area (Å²) >= 11 is 6.32. The lowest BCUT2D eigenvalue weighted by molar-refractivity contribution is -0.139. The average molecular weight is 269 g/mol. The number of benzene rings is 1. The lowest BCUT2D eigenvalue weighted by atomic mass is 9.97. The van der Waals surface area contributed by atoms with E-state index < -0.39 is 0 Å². The zero-order valence-corrected chi connectivity index (χ0v) is 10.8. The number of ether oxygens (including phenoxy) is 3. The maximum atomic E-state index is 11.5. The van der Waals surface area contributed by atoms with Gasteiger partial charge < -0.3 is 14.2 Å². The van der Waals surface area contributed by atoms with Crippen LogP contribution in [0.15, 0.2) is 0 Å². The molecule has 2 heterocycles. The van der Waals surface area contributed by atoms with Gasteiger partial charge in [-0.25, -0.2) is 0 Å². The molecule has 0 aromatic heterocycles. The molecule has 5 heteroatoms. The Labute approximate surface area is 110 Å². The van der Waals surface area contributed by atoms with Crippen molar-refractivity contribution in [2.45, 2.75) is 19.3 Å². The molecule has 0 unspecified atom stereocenters. The van der Waals surface area contributed by atoms with Gasteiger partial charge in [-0.1, -0.05) is 11.6 Å². The van der Waals surface area contributed by atoms with Crippen LogP contribution in [0.3, 0.4) is 0 Å². The van der Waals surface area contributed by atoms with Crippen molar-refractivity contribution < 1.29 is 19.0 Å². The van der Waals surface area contributed by atoms with Crippen LogP contribution < -0.4 is 9.47 Å². The molecule has 0 aliphatic carbocycles. The number of hydrogen-bond donors (Lipinski definition) is 0. The lowest BCUT2D eigenvalue weighted by Gasteiger charge is -2.13. The van der Waals surface area contributed by atoms with Crippen molar-refractivity contribution in [3.63, 3.8) is 0 Å². The van der Waals surface area contributed by atoms with Crippen LogP contribution in [0, 0.1) is 0 Å². The fraction of sp³-hybridized carbons (Fsp3) is 0.462. The molecule has 1 aromatic rings. The largest absolute Gasteiger partial charge is 0.493 e. The molecule has 0 radical (unpaired) electrons. The first-order valence-corrected chi connectivity index (χ1v) is 6.28. The third-order valence-electron chi connectivity index (χ3n) is 3.40. The Hall–Kier alpha value is -1.42. The molecule has 0 saturated heterocycles. The molecule has 0 amide bonds. The smallest absolute Gasteiger partial charge is 0.310 e. The first-order chi connectivity index (χ1) is 8.72. The quantitative estimate of drug-likeness (QED) is 0.769. The maximum absolute atomic E-state index is 11.5. The molecule has 2 aliphatic heterocycles. The molecule has 0 N–H and O–H groups in total. The van der Waals surface area contributed by atoms with Gasteiger partial charge in [0.2, 0.25) is 0 Å². The molecule has 1 aromatic carbocycles. The van der Waals surface area contributed by atoms with Gasteiger partial charge in [0.1, 0.15) is 11.5 Å². The van der Waals surface area contributed by atoms with Gasteiger partial charge in [-0.05, 0) is 0 Å². The molecule has 0 spiro atoms. The van der Waals surface area contributed by atoms with E-state index in [1.54, 1.807) is 0 Å². The van der Waals surface area contributed by atoms with Crippen LogP contribution in [0.1, 0.15) is 16.7 Å². The first kappa shape index (κ1) is 11.7. The minimum absolute atomic E-state index is 0.210. The van der Waals surface area contributed by atoms with E-state index in [9.17, 15) is 4.79 Å². The third-order valence-corrected chi connectivity index (χ3v) is 3.80. The second-order valence-corrected chi connectivity index (χ2v) is 4.74. The summed E-state index contributed by atoms with van der Waals surface area (Å²) in [5.74, 6) is 1.21. The van der Waals surface area contributed by atoms with E-state index in [4.69, 9.17) is 25.8 Å². The highest BCUT2D eigenvalue weighted by molar-refractivity contribution is 6.33. The van der Waals surface area contributed by atoms with E-state index in [1.807, 2.05) is 0 Å². The van der Waals surface area contributed by atoms with Crippen LogP contribution in [0.4, 0.5) is 0 Å². The SMILES string of the molecule is COC(=O)Cc1c2c(c(Cl)c3c1OCC3)OCC2. The molecule has 0 saturated carbocycles. The molecule has 2 aliphatic rings. The number of carbonyl (C=O) groups is 1. The van der Waals surface area contributed by atoms with E-state index in [0.29, 0.717) is 18.2 Å². The van der Waals surface area contributed by atoms with Crippen LogP contribution in [-0.4, -0.2) is 26.3 Å². The van der Waals surface area contributed by atoms with Gasteiger partial charge in [-0.3, -0.25) is 4.79 Å². The van der Waals surface area contributed by atoms with Crippen LogP contribution in [-0.2, 0) is 28.8 Å². The van der Waals surface area contributed by atoms with E-state index in [2.05, 4.69) is 0 Å². The van der Waals surface area contributed by atoms with Gasteiger partial charge in [0.25, 0.3) is 0 Å². The number of esters is 1. The molecular weight excluding hydrogens is 256 g/mol. The number of fused-ring (bicyclic) bond motifs is 2. The monoisotopic (exact) mass is 268 g/mol. The zero-order chi connectivity index (χ0) is 12.7. The van der Waals surface area contributed by atoms with Gasteiger partial charge >= 0.3 is 5.97 Å². The Morgan fingerprint density at radius 3 is 2.61 bits per heavy atom. The zero-order valence-electron chi connectivity index (χ0n) is 10.0. The Kier molecular flexibility index (Phi) is 2.82. The Morgan fingerprint density at radius 2 is 1.89 bits per heavy atom. The van der Waals surface area contributed by atoms with Gasteiger partial charge in [0.05, 0.1) is 31.8 Å². The second-order valence-electron chi connectivity index (χ2n) is 4.36. The third kappa shape index (κ3) is 1.63. The summed E-state index contributed by atoms with van der Waals surface area (Å²) < 4.78 is 15.9. The predicted molar refractivity (Wildman–Crippen MR) is 65.6 cm³/mol. The number of halogens is 1. The number of methoxy groups -OCH3 is 1. The van der Waals surface area contributed by atoms with E-state index in [1.165, 1.54) is 7.11 Å². The Bertz CT molecular complexity index is 489. The van der Waals surface area contributed by atoms with Crippen LogP contribution in [0.5, 0.6) is 11.5 Å². The summed E-state index contributed by atoms with van der Waals surface area (Å²) in [5, 5.41) is 0.642. The fourth-order valence-corrected chi connectivity index (χ4v) is 2.90. The summed E-state index contributed by atoms with van der Waals surface area (Å²) in [5.41, 5.74) is 2.83. The highest BCUT2D eigenvalue weighted by Gasteiger charge is 2.31. The van der Waals surface area contributed by atoms with Crippen molar-refractivity contribution in [3.8, 4) is 11.5 Å². The summed E-state index contributed by atoms with van der Waals surface area (Å²) in [7, 11) is 1.38. The van der Waals surface area contributed by atoms with Crippen LogP contribution in [0.25, 0.3) is 0 Å². The van der Waals surface area contributed by atoms with Crippen molar-refractivity contribution >= 4 is 17.6 Å².